The Morgan fingerprint density at radius 1 is 1.57 bits per heavy atom. The van der Waals surface area contributed by atoms with Gasteiger partial charge in [0, 0.05) is 21.9 Å². The van der Waals surface area contributed by atoms with Gasteiger partial charge in [0.05, 0.1) is 7.11 Å². The second-order valence-electron chi connectivity index (χ2n) is 2.58. The molecule has 1 aromatic carbocycles. The number of thioether (sulfide) groups is 1. The van der Waals surface area contributed by atoms with E-state index in [9.17, 15) is 0 Å². The predicted molar refractivity (Wildman–Crippen MR) is 63.1 cm³/mol. The van der Waals surface area contributed by atoms with E-state index in [1.54, 1.807) is 18.9 Å². The van der Waals surface area contributed by atoms with Crippen molar-refractivity contribution in [3.8, 4) is 5.75 Å². The van der Waals surface area contributed by atoms with Crippen molar-refractivity contribution in [1.29, 1.82) is 0 Å². The maximum absolute atomic E-state index is 5.79. The van der Waals surface area contributed by atoms with Crippen molar-refractivity contribution in [3.63, 3.8) is 0 Å². The average molecular weight is 230 g/mol. The fraction of sp³-hybridized carbons (Fsp3) is 0.200. The molecule has 0 aromatic heterocycles. The molecule has 1 aromatic rings. The zero-order valence-corrected chi connectivity index (χ0v) is 9.44. The molecule has 0 fully saturated rings. The summed E-state index contributed by atoms with van der Waals surface area (Å²) in [6.45, 7) is 0. The summed E-state index contributed by atoms with van der Waals surface area (Å²) in [5.41, 5.74) is 8.06. The smallest absolute Gasteiger partial charge is 0.120 e. The Morgan fingerprint density at radius 2 is 2.36 bits per heavy atom. The quantitative estimate of drug-likeness (QED) is 0.637. The number of hydrogen-bond acceptors (Lipinski definition) is 3. The maximum atomic E-state index is 5.79. The minimum Gasteiger partial charge on any atom is -0.497 e. The average Bonchev–Trinajstić information content (AvgIpc) is 2.21. The van der Waals surface area contributed by atoms with Gasteiger partial charge in [-0.1, -0.05) is 17.7 Å². The highest BCUT2D eigenvalue weighted by atomic mass is 35.5. The zero-order valence-electron chi connectivity index (χ0n) is 7.87. The van der Waals surface area contributed by atoms with Gasteiger partial charge in [-0.2, -0.15) is 0 Å². The van der Waals surface area contributed by atoms with Gasteiger partial charge in [-0.05, 0) is 18.2 Å². The molecule has 76 valence electrons. The summed E-state index contributed by atoms with van der Waals surface area (Å²) in [4.78, 5) is 1.01. The second-order valence-corrected chi connectivity index (χ2v) is 3.89. The van der Waals surface area contributed by atoms with Gasteiger partial charge in [0.1, 0.15) is 5.75 Å². The Balaban J connectivity index is 2.73. The standard InChI is InChI=1S/C10H12ClNOS/c1-13-8-3-4-9(12)10(7-8)14-6-2-5-11/h2-5,7H,6,12H2,1H3. The summed E-state index contributed by atoms with van der Waals surface area (Å²) < 4.78 is 5.10. The molecule has 0 amide bonds. The van der Waals surface area contributed by atoms with Crippen LogP contribution in [0.1, 0.15) is 0 Å². The van der Waals surface area contributed by atoms with E-state index in [-0.39, 0.29) is 0 Å². The number of anilines is 1. The number of nitrogen functional groups attached to an aromatic ring is 1. The number of benzene rings is 1. The second kappa shape index (κ2) is 5.83. The van der Waals surface area contributed by atoms with E-state index in [0.717, 1.165) is 22.1 Å². The van der Waals surface area contributed by atoms with Crippen molar-refractivity contribution >= 4 is 29.1 Å². The summed E-state index contributed by atoms with van der Waals surface area (Å²) in [6.07, 6.45) is 1.87. The third-order valence-corrected chi connectivity index (χ3v) is 2.85. The first-order valence-electron chi connectivity index (χ1n) is 4.09. The van der Waals surface area contributed by atoms with Crippen LogP contribution in [0.4, 0.5) is 5.69 Å². The van der Waals surface area contributed by atoms with Crippen LogP contribution in [0.3, 0.4) is 0 Å². The van der Waals surface area contributed by atoms with E-state index in [0.29, 0.717) is 0 Å². The van der Waals surface area contributed by atoms with Crippen LogP contribution in [0.5, 0.6) is 5.75 Å². The van der Waals surface area contributed by atoms with Crippen LogP contribution in [0, 0.1) is 0 Å². The fourth-order valence-corrected chi connectivity index (χ4v) is 1.94. The fourth-order valence-electron chi connectivity index (χ4n) is 0.941. The van der Waals surface area contributed by atoms with Gasteiger partial charge in [-0.3, -0.25) is 0 Å². The number of ether oxygens (including phenoxy) is 1. The highest BCUT2D eigenvalue weighted by molar-refractivity contribution is 7.99. The molecule has 0 saturated heterocycles. The highest BCUT2D eigenvalue weighted by Gasteiger charge is 2.00. The van der Waals surface area contributed by atoms with E-state index in [1.807, 2.05) is 24.3 Å². The third kappa shape index (κ3) is 3.16. The molecule has 0 atom stereocenters. The molecule has 14 heavy (non-hydrogen) atoms. The molecule has 2 N–H and O–H groups in total. The summed E-state index contributed by atoms with van der Waals surface area (Å²) >= 11 is 7.04. The molecule has 0 aliphatic rings. The lowest BCUT2D eigenvalue weighted by molar-refractivity contribution is 0.414. The van der Waals surface area contributed by atoms with Crippen LogP contribution in [0.25, 0.3) is 0 Å². The molecule has 0 saturated carbocycles. The SMILES string of the molecule is COc1ccc(N)c(SCC=CCl)c1. The Kier molecular flexibility index (Phi) is 4.70. The van der Waals surface area contributed by atoms with Gasteiger partial charge in [0.15, 0.2) is 0 Å². The molecule has 0 radical (unpaired) electrons. The topological polar surface area (TPSA) is 35.2 Å². The van der Waals surface area contributed by atoms with Gasteiger partial charge >= 0.3 is 0 Å². The normalized spacial score (nSPS) is 10.7. The lowest BCUT2D eigenvalue weighted by Crippen LogP contribution is -1.90. The van der Waals surface area contributed by atoms with E-state index in [4.69, 9.17) is 22.1 Å². The summed E-state index contributed by atoms with van der Waals surface area (Å²) in [7, 11) is 1.64. The molecule has 0 spiro atoms. The van der Waals surface area contributed by atoms with Crippen LogP contribution < -0.4 is 10.5 Å². The number of halogens is 1. The summed E-state index contributed by atoms with van der Waals surface area (Å²) in [6, 6.07) is 5.60. The molecular weight excluding hydrogens is 218 g/mol. The van der Waals surface area contributed by atoms with Gasteiger partial charge in [0.2, 0.25) is 0 Å². The van der Waals surface area contributed by atoms with Crippen molar-refractivity contribution in [2.75, 3.05) is 18.6 Å². The van der Waals surface area contributed by atoms with Crippen molar-refractivity contribution in [1.82, 2.24) is 0 Å². The lowest BCUT2D eigenvalue weighted by Gasteiger charge is -2.06. The van der Waals surface area contributed by atoms with E-state index in [2.05, 4.69) is 0 Å². The van der Waals surface area contributed by atoms with Gasteiger partial charge in [-0.15, -0.1) is 11.8 Å². The zero-order chi connectivity index (χ0) is 10.4. The lowest BCUT2D eigenvalue weighted by atomic mass is 10.3. The summed E-state index contributed by atoms with van der Waals surface area (Å²) in [5, 5.41) is 0. The Labute approximate surface area is 93.1 Å². The van der Waals surface area contributed by atoms with Crippen LogP contribution in [0.15, 0.2) is 34.7 Å². The van der Waals surface area contributed by atoms with Crippen LogP contribution in [-0.4, -0.2) is 12.9 Å². The molecule has 0 unspecified atom stereocenters. The number of rotatable bonds is 4. The molecule has 0 aliphatic carbocycles. The highest BCUT2D eigenvalue weighted by Crippen LogP contribution is 2.28. The van der Waals surface area contributed by atoms with Crippen LogP contribution in [-0.2, 0) is 0 Å². The number of nitrogens with two attached hydrogens (primary N) is 1. The van der Waals surface area contributed by atoms with E-state index < -0.39 is 0 Å². The van der Waals surface area contributed by atoms with Gasteiger partial charge < -0.3 is 10.5 Å². The van der Waals surface area contributed by atoms with Gasteiger partial charge in [-0.25, -0.2) is 0 Å². The molecule has 2 nitrogen and oxygen atoms in total. The molecule has 0 heterocycles. The largest absolute Gasteiger partial charge is 0.497 e. The van der Waals surface area contributed by atoms with E-state index >= 15 is 0 Å². The first-order chi connectivity index (χ1) is 6.77. The van der Waals surface area contributed by atoms with Crippen LogP contribution in [0.2, 0.25) is 0 Å². The predicted octanol–water partition coefficient (Wildman–Crippen LogP) is 3.12. The summed E-state index contributed by atoms with van der Waals surface area (Å²) in [5.74, 6) is 1.62. The van der Waals surface area contributed by atoms with Gasteiger partial charge in [0.25, 0.3) is 0 Å². The Bertz CT molecular complexity index is 328. The number of hydrogen-bond donors (Lipinski definition) is 1. The minimum atomic E-state index is 0.763. The van der Waals surface area contributed by atoms with E-state index in [1.165, 1.54) is 5.54 Å². The molecule has 0 aliphatic heterocycles. The first-order valence-corrected chi connectivity index (χ1v) is 5.51. The Morgan fingerprint density at radius 3 is 3.00 bits per heavy atom. The molecule has 4 heteroatoms. The molecule has 1 rings (SSSR count). The Hall–Kier alpha value is -0.800. The van der Waals surface area contributed by atoms with Crippen molar-refractivity contribution < 1.29 is 4.74 Å². The van der Waals surface area contributed by atoms with Crippen molar-refractivity contribution in [2.45, 2.75) is 4.90 Å². The van der Waals surface area contributed by atoms with Crippen molar-refractivity contribution in [2.24, 2.45) is 0 Å². The van der Waals surface area contributed by atoms with Crippen LogP contribution >= 0.6 is 23.4 Å². The van der Waals surface area contributed by atoms with Crippen molar-refractivity contribution in [3.05, 3.63) is 29.8 Å². The first kappa shape index (κ1) is 11.3. The monoisotopic (exact) mass is 229 g/mol. The third-order valence-electron chi connectivity index (χ3n) is 1.64. The molecule has 0 bridgehead atoms. The maximum Gasteiger partial charge on any atom is 0.120 e. The number of methoxy groups -OCH3 is 1. The minimum absolute atomic E-state index is 0.763. The molecular formula is C10H12ClNOS.